The van der Waals surface area contributed by atoms with Crippen LogP contribution in [0.3, 0.4) is 0 Å². The van der Waals surface area contributed by atoms with E-state index in [2.05, 4.69) is 15.6 Å². The highest BCUT2D eigenvalue weighted by Gasteiger charge is 2.28. The summed E-state index contributed by atoms with van der Waals surface area (Å²) in [4.78, 5) is 31.0. The lowest BCUT2D eigenvalue weighted by atomic mass is 10.1. The van der Waals surface area contributed by atoms with Gasteiger partial charge in [-0.1, -0.05) is 12.1 Å². The SMILES string of the molecule is Cl.O=C(NCC(=O)N1CCNCC1c1cccnc1)c1cccs1. The minimum Gasteiger partial charge on any atom is -0.342 e. The maximum absolute atomic E-state index is 12.5. The van der Waals surface area contributed by atoms with E-state index >= 15 is 0 Å². The number of carbonyl (C=O) groups excluding carboxylic acids is 2. The third kappa shape index (κ3) is 4.31. The van der Waals surface area contributed by atoms with Crippen LogP contribution in [0.2, 0.25) is 0 Å². The molecule has 6 nitrogen and oxygen atoms in total. The zero-order chi connectivity index (χ0) is 16.1. The zero-order valence-electron chi connectivity index (χ0n) is 13.0. The van der Waals surface area contributed by atoms with E-state index in [1.54, 1.807) is 18.5 Å². The molecule has 2 aromatic rings. The summed E-state index contributed by atoms with van der Waals surface area (Å²) in [5, 5.41) is 7.84. The lowest BCUT2D eigenvalue weighted by Gasteiger charge is -2.36. The normalized spacial score (nSPS) is 17.0. The van der Waals surface area contributed by atoms with Crippen LogP contribution in [0, 0.1) is 0 Å². The number of aromatic nitrogens is 1. The Morgan fingerprint density at radius 1 is 1.38 bits per heavy atom. The van der Waals surface area contributed by atoms with Gasteiger partial charge in [-0.15, -0.1) is 23.7 Å². The molecular weight excluding hydrogens is 348 g/mol. The van der Waals surface area contributed by atoms with Crippen molar-refractivity contribution in [1.29, 1.82) is 0 Å². The summed E-state index contributed by atoms with van der Waals surface area (Å²) in [5.74, 6) is -0.285. The molecule has 3 rings (SSSR count). The summed E-state index contributed by atoms with van der Waals surface area (Å²) in [6.45, 7) is 2.07. The number of nitrogens with zero attached hydrogens (tertiary/aromatic N) is 2. The van der Waals surface area contributed by atoms with Crippen LogP contribution in [0.5, 0.6) is 0 Å². The molecule has 0 radical (unpaired) electrons. The first-order valence-electron chi connectivity index (χ1n) is 7.47. The molecule has 0 saturated carbocycles. The van der Waals surface area contributed by atoms with E-state index in [4.69, 9.17) is 0 Å². The third-order valence-corrected chi connectivity index (χ3v) is 4.65. The van der Waals surface area contributed by atoms with Crippen molar-refractivity contribution >= 4 is 35.6 Å². The highest BCUT2D eigenvalue weighted by Crippen LogP contribution is 2.21. The van der Waals surface area contributed by atoms with Crippen molar-refractivity contribution in [2.24, 2.45) is 0 Å². The lowest BCUT2D eigenvalue weighted by Crippen LogP contribution is -2.51. The summed E-state index contributed by atoms with van der Waals surface area (Å²) in [6, 6.07) is 7.34. The minimum atomic E-state index is -0.207. The van der Waals surface area contributed by atoms with Crippen LogP contribution in [0.15, 0.2) is 42.0 Å². The molecule has 24 heavy (non-hydrogen) atoms. The average Bonchev–Trinajstić information content (AvgIpc) is 3.15. The second-order valence-electron chi connectivity index (χ2n) is 5.25. The van der Waals surface area contributed by atoms with Gasteiger partial charge in [0.1, 0.15) is 0 Å². The van der Waals surface area contributed by atoms with Crippen molar-refractivity contribution in [2.45, 2.75) is 6.04 Å². The number of pyridine rings is 1. The maximum atomic E-state index is 12.5. The van der Waals surface area contributed by atoms with Gasteiger partial charge in [0.2, 0.25) is 5.91 Å². The van der Waals surface area contributed by atoms with Crippen LogP contribution in [-0.4, -0.2) is 47.9 Å². The topological polar surface area (TPSA) is 74.3 Å². The van der Waals surface area contributed by atoms with Crippen LogP contribution in [0.1, 0.15) is 21.3 Å². The van der Waals surface area contributed by atoms with Crippen LogP contribution < -0.4 is 10.6 Å². The molecule has 2 amide bonds. The molecule has 8 heteroatoms. The van der Waals surface area contributed by atoms with Gasteiger partial charge in [0.25, 0.3) is 5.91 Å². The summed E-state index contributed by atoms with van der Waals surface area (Å²) in [6.07, 6.45) is 3.50. The standard InChI is InChI=1S/C16H18N4O2S.ClH/c21-15(11-19-16(22)14-4-2-8-23-14)20-7-6-18-10-13(20)12-3-1-5-17-9-12;/h1-5,8-9,13,18H,6-7,10-11H2,(H,19,22);1H. The highest BCUT2D eigenvalue weighted by molar-refractivity contribution is 7.12. The van der Waals surface area contributed by atoms with Gasteiger partial charge in [0.15, 0.2) is 0 Å². The summed E-state index contributed by atoms with van der Waals surface area (Å²) >= 11 is 1.36. The molecule has 1 aliphatic heterocycles. The van der Waals surface area contributed by atoms with Crippen molar-refractivity contribution < 1.29 is 9.59 Å². The van der Waals surface area contributed by atoms with Crippen LogP contribution in [0.4, 0.5) is 0 Å². The Hall–Kier alpha value is -1.96. The summed E-state index contributed by atoms with van der Waals surface area (Å²) in [7, 11) is 0. The number of hydrogen-bond donors (Lipinski definition) is 2. The van der Waals surface area contributed by atoms with E-state index in [1.165, 1.54) is 11.3 Å². The lowest BCUT2D eigenvalue weighted by molar-refractivity contribution is -0.133. The Labute approximate surface area is 150 Å². The molecule has 1 saturated heterocycles. The Morgan fingerprint density at radius 3 is 2.96 bits per heavy atom. The van der Waals surface area contributed by atoms with E-state index in [1.807, 2.05) is 28.5 Å². The number of amides is 2. The molecule has 1 atom stereocenters. The van der Waals surface area contributed by atoms with Gasteiger partial charge in [-0.2, -0.15) is 0 Å². The van der Waals surface area contributed by atoms with Crippen molar-refractivity contribution in [3.8, 4) is 0 Å². The molecule has 0 aromatic carbocycles. The van der Waals surface area contributed by atoms with E-state index in [9.17, 15) is 9.59 Å². The Morgan fingerprint density at radius 2 is 2.25 bits per heavy atom. The van der Waals surface area contributed by atoms with Gasteiger partial charge in [-0.05, 0) is 23.1 Å². The predicted molar refractivity (Wildman–Crippen MR) is 95.5 cm³/mol. The van der Waals surface area contributed by atoms with Crippen molar-refractivity contribution in [1.82, 2.24) is 20.5 Å². The summed E-state index contributed by atoms with van der Waals surface area (Å²) < 4.78 is 0. The summed E-state index contributed by atoms with van der Waals surface area (Å²) in [5.41, 5.74) is 0.998. The Bertz CT molecular complexity index is 666. The number of hydrogen-bond acceptors (Lipinski definition) is 5. The largest absolute Gasteiger partial charge is 0.342 e. The molecule has 2 N–H and O–H groups in total. The first kappa shape index (κ1) is 18.4. The fraction of sp³-hybridized carbons (Fsp3) is 0.312. The fourth-order valence-electron chi connectivity index (χ4n) is 2.63. The highest BCUT2D eigenvalue weighted by atomic mass is 35.5. The minimum absolute atomic E-state index is 0. The molecule has 0 spiro atoms. The van der Waals surface area contributed by atoms with Crippen molar-refractivity contribution in [3.05, 3.63) is 52.5 Å². The van der Waals surface area contributed by atoms with Gasteiger partial charge in [0, 0.05) is 32.0 Å². The van der Waals surface area contributed by atoms with Gasteiger partial charge in [-0.3, -0.25) is 14.6 Å². The number of carbonyl (C=O) groups is 2. The molecule has 2 aromatic heterocycles. The fourth-order valence-corrected chi connectivity index (χ4v) is 3.27. The molecule has 1 fully saturated rings. The van der Waals surface area contributed by atoms with Crippen molar-refractivity contribution in [3.63, 3.8) is 0 Å². The van der Waals surface area contributed by atoms with E-state index in [-0.39, 0.29) is 36.8 Å². The van der Waals surface area contributed by atoms with Crippen LogP contribution in [0.25, 0.3) is 0 Å². The smallest absolute Gasteiger partial charge is 0.261 e. The van der Waals surface area contributed by atoms with Gasteiger partial charge in [0.05, 0.1) is 17.5 Å². The monoisotopic (exact) mass is 366 g/mol. The van der Waals surface area contributed by atoms with Gasteiger partial charge < -0.3 is 15.5 Å². The zero-order valence-corrected chi connectivity index (χ0v) is 14.6. The van der Waals surface area contributed by atoms with Crippen LogP contribution >= 0.6 is 23.7 Å². The molecule has 128 valence electrons. The number of thiophene rings is 1. The third-order valence-electron chi connectivity index (χ3n) is 3.78. The Balaban J connectivity index is 0.00000208. The number of piperazine rings is 1. The van der Waals surface area contributed by atoms with Gasteiger partial charge in [-0.25, -0.2) is 0 Å². The number of nitrogens with one attached hydrogen (secondary N) is 2. The Kier molecular flexibility index (Phi) is 6.72. The van der Waals surface area contributed by atoms with E-state index in [0.717, 1.165) is 12.1 Å². The second kappa shape index (κ2) is 8.77. The second-order valence-corrected chi connectivity index (χ2v) is 6.20. The first-order valence-corrected chi connectivity index (χ1v) is 8.35. The average molecular weight is 367 g/mol. The number of halogens is 1. The van der Waals surface area contributed by atoms with Crippen LogP contribution in [-0.2, 0) is 4.79 Å². The van der Waals surface area contributed by atoms with E-state index < -0.39 is 0 Å². The van der Waals surface area contributed by atoms with E-state index in [0.29, 0.717) is 18.0 Å². The number of rotatable bonds is 4. The molecule has 3 heterocycles. The molecular formula is C16H19ClN4O2S. The quantitative estimate of drug-likeness (QED) is 0.859. The maximum Gasteiger partial charge on any atom is 0.261 e. The van der Waals surface area contributed by atoms with Gasteiger partial charge >= 0.3 is 0 Å². The first-order chi connectivity index (χ1) is 11.3. The molecule has 0 aliphatic carbocycles. The molecule has 1 aliphatic rings. The van der Waals surface area contributed by atoms with Crippen molar-refractivity contribution in [2.75, 3.05) is 26.2 Å². The predicted octanol–water partition coefficient (Wildman–Crippen LogP) is 1.47. The molecule has 0 bridgehead atoms. The molecule has 1 unspecified atom stereocenters.